The van der Waals surface area contributed by atoms with Crippen molar-refractivity contribution in [1.29, 1.82) is 0 Å². The van der Waals surface area contributed by atoms with Crippen LogP contribution in [0.1, 0.15) is 11.3 Å². The first-order valence-electron chi connectivity index (χ1n) is 7.09. The number of anilines is 1. The molecule has 22 heavy (non-hydrogen) atoms. The minimum Gasteiger partial charge on any atom is -0.488 e. The van der Waals surface area contributed by atoms with Gasteiger partial charge in [-0.2, -0.15) is 0 Å². The van der Waals surface area contributed by atoms with Crippen LogP contribution in [-0.2, 0) is 6.61 Å². The SMILES string of the molecule is Cc1cc(-c2ccccc2OCc2ccccc2)nc(N)n1. The van der Waals surface area contributed by atoms with E-state index in [1.807, 2.05) is 67.6 Å². The van der Waals surface area contributed by atoms with Crippen molar-refractivity contribution in [2.24, 2.45) is 0 Å². The van der Waals surface area contributed by atoms with Crippen LogP contribution in [0.4, 0.5) is 5.95 Å². The van der Waals surface area contributed by atoms with Gasteiger partial charge in [0, 0.05) is 11.3 Å². The van der Waals surface area contributed by atoms with Crippen molar-refractivity contribution in [3.63, 3.8) is 0 Å². The van der Waals surface area contributed by atoms with E-state index in [1.165, 1.54) is 0 Å². The van der Waals surface area contributed by atoms with Crippen LogP contribution < -0.4 is 10.5 Å². The largest absolute Gasteiger partial charge is 0.488 e. The van der Waals surface area contributed by atoms with Crippen molar-refractivity contribution in [1.82, 2.24) is 9.97 Å². The van der Waals surface area contributed by atoms with Crippen LogP contribution in [0.15, 0.2) is 60.7 Å². The molecule has 1 aromatic heterocycles. The minimum atomic E-state index is 0.271. The number of rotatable bonds is 4. The first-order valence-corrected chi connectivity index (χ1v) is 7.09. The molecular formula is C18H17N3O. The monoisotopic (exact) mass is 291 g/mol. The van der Waals surface area contributed by atoms with Crippen LogP contribution in [-0.4, -0.2) is 9.97 Å². The van der Waals surface area contributed by atoms with Gasteiger partial charge in [-0.15, -0.1) is 0 Å². The molecule has 0 spiro atoms. The van der Waals surface area contributed by atoms with Gasteiger partial charge in [-0.05, 0) is 30.7 Å². The van der Waals surface area contributed by atoms with Gasteiger partial charge >= 0.3 is 0 Å². The van der Waals surface area contributed by atoms with Crippen LogP contribution >= 0.6 is 0 Å². The zero-order chi connectivity index (χ0) is 15.4. The second-order valence-corrected chi connectivity index (χ2v) is 5.02. The summed E-state index contributed by atoms with van der Waals surface area (Å²) in [7, 11) is 0. The van der Waals surface area contributed by atoms with E-state index >= 15 is 0 Å². The highest BCUT2D eigenvalue weighted by Gasteiger charge is 2.09. The van der Waals surface area contributed by atoms with Gasteiger partial charge in [0.1, 0.15) is 12.4 Å². The maximum absolute atomic E-state index is 5.96. The Morgan fingerprint density at radius 2 is 1.68 bits per heavy atom. The highest BCUT2D eigenvalue weighted by Crippen LogP contribution is 2.29. The lowest BCUT2D eigenvalue weighted by Gasteiger charge is -2.12. The van der Waals surface area contributed by atoms with E-state index in [0.29, 0.717) is 6.61 Å². The summed E-state index contributed by atoms with van der Waals surface area (Å²) in [6.07, 6.45) is 0. The van der Waals surface area contributed by atoms with Crippen molar-refractivity contribution in [2.75, 3.05) is 5.73 Å². The average Bonchev–Trinajstić information content (AvgIpc) is 2.53. The third kappa shape index (κ3) is 3.23. The zero-order valence-corrected chi connectivity index (χ0v) is 12.4. The minimum absolute atomic E-state index is 0.271. The number of nitrogens with two attached hydrogens (primary N) is 1. The maximum Gasteiger partial charge on any atom is 0.220 e. The molecule has 0 fully saturated rings. The van der Waals surface area contributed by atoms with Gasteiger partial charge in [-0.3, -0.25) is 0 Å². The lowest BCUT2D eigenvalue weighted by Crippen LogP contribution is -2.00. The molecule has 0 radical (unpaired) electrons. The second-order valence-electron chi connectivity index (χ2n) is 5.02. The van der Waals surface area contributed by atoms with Gasteiger partial charge < -0.3 is 10.5 Å². The summed E-state index contributed by atoms with van der Waals surface area (Å²) < 4.78 is 5.96. The number of ether oxygens (including phenoxy) is 1. The van der Waals surface area contributed by atoms with Crippen LogP contribution in [0.2, 0.25) is 0 Å². The van der Waals surface area contributed by atoms with E-state index < -0.39 is 0 Å². The van der Waals surface area contributed by atoms with Crippen molar-refractivity contribution in [2.45, 2.75) is 13.5 Å². The molecule has 0 saturated carbocycles. The Kier molecular flexibility index (Phi) is 4.01. The first kappa shape index (κ1) is 14.1. The van der Waals surface area contributed by atoms with Gasteiger partial charge in [0.25, 0.3) is 0 Å². The number of nitrogen functional groups attached to an aromatic ring is 1. The molecule has 4 nitrogen and oxygen atoms in total. The number of nitrogens with zero attached hydrogens (tertiary/aromatic N) is 2. The van der Waals surface area contributed by atoms with Crippen LogP contribution in [0.5, 0.6) is 5.75 Å². The summed E-state index contributed by atoms with van der Waals surface area (Å²) in [5, 5.41) is 0. The van der Waals surface area contributed by atoms with E-state index in [0.717, 1.165) is 28.3 Å². The van der Waals surface area contributed by atoms with Crippen molar-refractivity contribution in [3.05, 3.63) is 71.9 Å². The molecule has 2 N–H and O–H groups in total. The number of hydrogen-bond donors (Lipinski definition) is 1. The molecular weight excluding hydrogens is 274 g/mol. The lowest BCUT2D eigenvalue weighted by molar-refractivity contribution is 0.307. The van der Waals surface area contributed by atoms with Crippen molar-refractivity contribution < 1.29 is 4.74 Å². The number of para-hydroxylation sites is 1. The normalized spacial score (nSPS) is 10.4. The molecule has 0 aliphatic heterocycles. The van der Waals surface area contributed by atoms with Crippen molar-refractivity contribution >= 4 is 5.95 Å². The van der Waals surface area contributed by atoms with E-state index in [9.17, 15) is 0 Å². The van der Waals surface area contributed by atoms with E-state index in [2.05, 4.69) is 9.97 Å². The molecule has 0 aliphatic rings. The molecule has 0 atom stereocenters. The fraction of sp³-hybridized carbons (Fsp3) is 0.111. The summed E-state index contributed by atoms with van der Waals surface area (Å²) in [4.78, 5) is 8.42. The molecule has 0 unspecified atom stereocenters. The molecule has 0 aliphatic carbocycles. The Hall–Kier alpha value is -2.88. The molecule has 4 heteroatoms. The van der Waals surface area contributed by atoms with Crippen LogP contribution in [0.3, 0.4) is 0 Å². The lowest BCUT2D eigenvalue weighted by atomic mass is 10.1. The topological polar surface area (TPSA) is 61.0 Å². The van der Waals surface area contributed by atoms with Gasteiger partial charge in [-0.25, -0.2) is 9.97 Å². The summed E-state index contributed by atoms with van der Waals surface area (Å²) in [5.41, 5.74) is 9.39. The predicted octanol–water partition coefficient (Wildman–Crippen LogP) is 3.61. The zero-order valence-electron chi connectivity index (χ0n) is 12.4. The predicted molar refractivity (Wildman–Crippen MR) is 87.4 cm³/mol. The van der Waals surface area contributed by atoms with E-state index in [1.54, 1.807) is 0 Å². The quantitative estimate of drug-likeness (QED) is 0.797. The Labute approximate surface area is 129 Å². The standard InChI is InChI=1S/C18H17N3O/c1-13-11-16(21-18(19)20-13)15-9-5-6-10-17(15)22-12-14-7-3-2-4-8-14/h2-11H,12H2,1H3,(H2,19,20,21). The summed E-state index contributed by atoms with van der Waals surface area (Å²) >= 11 is 0. The number of aromatic nitrogens is 2. The van der Waals surface area contributed by atoms with Gasteiger partial charge in [0.2, 0.25) is 5.95 Å². The molecule has 0 saturated heterocycles. The third-order valence-electron chi connectivity index (χ3n) is 3.27. The summed E-state index contributed by atoms with van der Waals surface area (Å²) in [5.74, 6) is 1.05. The fourth-order valence-corrected chi connectivity index (χ4v) is 2.27. The summed E-state index contributed by atoms with van der Waals surface area (Å²) in [6, 6.07) is 19.8. The molecule has 0 bridgehead atoms. The first-order chi connectivity index (χ1) is 10.7. The number of hydrogen-bond acceptors (Lipinski definition) is 4. The van der Waals surface area contributed by atoms with Gasteiger partial charge in [-0.1, -0.05) is 42.5 Å². The molecule has 3 aromatic rings. The average molecular weight is 291 g/mol. The second kappa shape index (κ2) is 6.26. The van der Waals surface area contributed by atoms with Crippen LogP contribution in [0.25, 0.3) is 11.3 Å². The van der Waals surface area contributed by atoms with Crippen molar-refractivity contribution in [3.8, 4) is 17.0 Å². The number of benzene rings is 2. The Balaban J connectivity index is 1.89. The Bertz CT molecular complexity index is 752. The Morgan fingerprint density at radius 3 is 2.45 bits per heavy atom. The van der Waals surface area contributed by atoms with Gasteiger partial charge in [0.05, 0.1) is 5.69 Å². The Morgan fingerprint density at radius 1 is 0.955 bits per heavy atom. The molecule has 3 rings (SSSR count). The molecule has 2 aromatic carbocycles. The maximum atomic E-state index is 5.96. The fourth-order valence-electron chi connectivity index (χ4n) is 2.27. The smallest absolute Gasteiger partial charge is 0.220 e. The third-order valence-corrected chi connectivity index (χ3v) is 3.27. The molecule has 0 amide bonds. The molecule has 1 heterocycles. The van der Waals surface area contributed by atoms with E-state index in [-0.39, 0.29) is 5.95 Å². The van der Waals surface area contributed by atoms with Gasteiger partial charge in [0.15, 0.2) is 0 Å². The summed E-state index contributed by atoms with van der Waals surface area (Å²) in [6.45, 7) is 2.41. The van der Waals surface area contributed by atoms with Crippen LogP contribution in [0, 0.1) is 6.92 Å². The molecule has 110 valence electrons. The number of aryl methyl sites for hydroxylation is 1. The highest BCUT2D eigenvalue weighted by atomic mass is 16.5. The highest BCUT2D eigenvalue weighted by molar-refractivity contribution is 5.68. The van der Waals surface area contributed by atoms with E-state index in [4.69, 9.17) is 10.5 Å².